The molecule has 1 aromatic carbocycles. The van der Waals surface area contributed by atoms with Crippen LogP contribution < -0.4 is 0 Å². The monoisotopic (exact) mass is 297 g/mol. The Labute approximate surface area is 119 Å². The van der Waals surface area contributed by atoms with Crippen molar-refractivity contribution >= 4 is 15.8 Å². The van der Waals surface area contributed by atoms with Crippen LogP contribution in [-0.4, -0.2) is 49.5 Å². The second-order valence-electron chi connectivity index (χ2n) is 5.31. The highest BCUT2D eigenvalue weighted by Crippen LogP contribution is 2.28. The van der Waals surface area contributed by atoms with E-state index in [1.165, 1.54) is 6.26 Å². The molecule has 6 heteroatoms. The van der Waals surface area contributed by atoms with Gasteiger partial charge in [-0.25, -0.2) is 8.42 Å². The molecule has 0 bridgehead atoms. The lowest BCUT2D eigenvalue weighted by Gasteiger charge is -2.32. The molecular weight excluding hydrogens is 278 g/mol. The van der Waals surface area contributed by atoms with E-state index >= 15 is 0 Å². The summed E-state index contributed by atoms with van der Waals surface area (Å²) in [5.41, 5.74) is 1.89. The summed E-state index contributed by atoms with van der Waals surface area (Å²) >= 11 is 0. The van der Waals surface area contributed by atoms with Gasteiger partial charge in [0.25, 0.3) is 0 Å². The summed E-state index contributed by atoms with van der Waals surface area (Å²) in [4.78, 5) is 13.4. The van der Waals surface area contributed by atoms with Gasteiger partial charge < -0.3 is 5.11 Å². The number of aliphatic carboxylic acids is 1. The summed E-state index contributed by atoms with van der Waals surface area (Å²) in [6.45, 7) is 1.73. The largest absolute Gasteiger partial charge is 0.481 e. The van der Waals surface area contributed by atoms with Crippen LogP contribution in [0.15, 0.2) is 24.3 Å². The van der Waals surface area contributed by atoms with Crippen molar-refractivity contribution in [2.45, 2.75) is 18.9 Å². The van der Waals surface area contributed by atoms with Crippen molar-refractivity contribution in [3.8, 4) is 0 Å². The Balaban J connectivity index is 2.07. The van der Waals surface area contributed by atoms with Crippen molar-refractivity contribution in [3.05, 3.63) is 35.4 Å². The summed E-state index contributed by atoms with van der Waals surface area (Å²) in [7, 11) is -2.96. The molecule has 1 aliphatic rings. The van der Waals surface area contributed by atoms with Crippen LogP contribution in [0, 0.1) is 0 Å². The first-order chi connectivity index (χ1) is 9.37. The third-order valence-electron chi connectivity index (χ3n) is 3.55. The molecule has 5 nitrogen and oxygen atoms in total. The minimum Gasteiger partial charge on any atom is -0.481 e. The zero-order valence-electron chi connectivity index (χ0n) is 11.4. The number of nitrogens with zero attached hydrogens (tertiary/aromatic N) is 1. The van der Waals surface area contributed by atoms with Gasteiger partial charge in [-0.2, -0.15) is 0 Å². The van der Waals surface area contributed by atoms with Crippen molar-refractivity contribution in [2.75, 3.05) is 25.1 Å². The fourth-order valence-electron chi connectivity index (χ4n) is 2.61. The molecule has 0 aromatic heterocycles. The molecule has 0 saturated carbocycles. The zero-order chi connectivity index (χ0) is 14.8. The van der Waals surface area contributed by atoms with Crippen LogP contribution >= 0.6 is 0 Å². The summed E-state index contributed by atoms with van der Waals surface area (Å²) in [6, 6.07) is 7.56. The predicted molar refractivity (Wildman–Crippen MR) is 76.4 cm³/mol. The molecular formula is C14H19NO4S. The first-order valence-corrected chi connectivity index (χ1v) is 8.63. The molecule has 0 spiro atoms. The molecule has 1 heterocycles. The number of hydrogen-bond acceptors (Lipinski definition) is 4. The number of carbonyl (C=O) groups is 1. The first-order valence-electron chi connectivity index (χ1n) is 6.57. The Kier molecular flexibility index (Phi) is 4.45. The van der Waals surface area contributed by atoms with E-state index < -0.39 is 21.7 Å². The minimum atomic E-state index is -2.96. The van der Waals surface area contributed by atoms with E-state index in [0.29, 0.717) is 26.1 Å². The van der Waals surface area contributed by atoms with E-state index in [0.717, 1.165) is 11.1 Å². The molecule has 1 aromatic rings. The van der Waals surface area contributed by atoms with Crippen LogP contribution in [0.3, 0.4) is 0 Å². The lowest BCUT2D eigenvalue weighted by atomic mass is 9.90. The van der Waals surface area contributed by atoms with Gasteiger partial charge in [-0.05, 0) is 24.1 Å². The summed E-state index contributed by atoms with van der Waals surface area (Å²) < 4.78 is 22.3. The van der Waals surface area contributed by atoms with Gasteiger partial charge >= 0.3 is 5.97 Å². The van der Waals surface area contributed by atoms with Crippen LogP contribution in [0.25, 0.3) is 0 Å². The Hall–Kier alpha value is -1.40. The fraction of sp³-hybridized carbons (Fsp3) is 0.500. The standard InChI is InChI=1S/C14H19NO4S/c1-20(18,19)8-4-7-15-9-11-5-2-3-6-12(11)13(10-15)14(16)17/h2-3,5-6,13H,4,7-10H2,1H3,(H,16,17). The molecule has 0 radical (unpaired) electrons. The molecule has 110 valence electrons. The normalized spacial score (nSPS) is 19.6. The first kappa shape index (κ1) is 15.0. The maximum Gasteiger partial charge on any atom is 0.312 e. The third kappa shape index (κ3) is 3.80. The van der Waals surface area contributed by atoms with E-state index in [2.05, 4.69) is 0 Å². The van der Waals surface area contributed by atoms with Gasteiger partial charge in [0.1, 0.15) is 9.84 Å². The molecule has 0 amide bonds. The molecule has 0 aliphatic carbocycles. The highest BCUT2D eigenvalue weighted by molar-refractivity contribution is 7.90. The van der Waals surface area contributed by atoms with Gasteiger partial charge in [0, 0.05) is 19.3 Å². The number of carboxylic acid groups (broad SMARTS) is 1. The minimum absolute atomic E-state index is 0.142. The molecule has 0 fully saturated rings. The highest BCUT2D eigenvalue weighted by Gasteiger charge is 2.29. The van der Waals surface area contributed by atoms with E-state index in [4.69, 9.17) is 0 Å². The number of hydrogen-bond donors (Lipinski definition) is 1. The van der Waals surface area contributed by atoms with Gasteiger partial charge in [-0.1, -0.05) is 24.3 Å². The molecule has 2 rings (SSSR count). The third-order valence-corrected chi connectivity index (χ3v) is 4.58. The smallest absolute Gasteiger partial charge is 0.312 e. The van der Waals surface area contributed by atoms with Crippen molar-refractivity contribution in [3.63, 3.8) is 0 Å². The molecule has 1 N–H and O–H groups in total. The maximum atomic E-state index is 11.4. The number of benzene rings is 1. The second-order valence-corrected chi connectivity index (χ2v) is 7.57. The van der Waals surface area contributed by atoms with E-state index in [1.807, 2.05) is 29.2 Å². The maximum absolute atomic E-state index is 11.4. The molecule has 1 aliphatic heterocycles. The predicted octanol–water partition coefficient (Wildman–Crippen LogP) is 1.11. The van der Waals surface area contributed by atoms with Crippen molar-refractivity contribution in [1.82, 2.24) is 4.90 Å². The van der Waals surface area contributed by atoms with Crippen LogP contribution in [0.5, 0.6) is 0 Å². The Morgan fingerprint density at radius 3 is 2.75 bits per heavy atom. The van der Waals surface area contributed by atoms with Gasteiger partial charge in [-0.15, -0.1) is 0 Å². The summed E-state index contributed by atoms with van der Waals surface area (Å²) in [5, 5.41) is 9.33. The lowest BCUT2D eigenvalue weighted by molar-refractivity contribution is -0.139. The Morgan fingerprint density at radius 2 is 2.10 bits per heavy atom. The van der Waals surface area contributed by atoms with E-state index in [1.54, 1.807) is 0 Å². The van der Waals surface area contributed by atoms with Crippen molar-refractivity contribution < 1.29 is 18.3 Å². The van der Waals surface area contributed by atoms with Gasteiger partial charge in [-0.3, -0.25) is 9.69 Å². The summed E-state index contributed by atoms with van der Waals surface area (Å²) in [5.74, 6) is -1.22. The Bertz CT molecular complexity index is 597. The average Bonchev–Trinajstić information content (AvgIpc) is 2.36. The number of fused-ring (bicyclic) bond motifs is 1. The van der Waals surface area contributed by atoms with Gasteiger partial charge in [0.15, 0.2) is 0 Å². The topological polar surface area (TPSA) is 74.7 Å². The fourth-order valence-corrected chi connectivity index (χ4v) is 3.27. The molecule has 20 heavy (non-hydrogen) atoms. The SMILES string of the molecule is CS(=O)(=O)CCCN1Cc2ccccc2C(C(=O)O)C1. The van der Waals surface area contributed by atoms with Crippen LogP contribution in [0.4, 0.5) is 0 Å². The number of rotatable bonds is 5. The van der Waals surface area contributed by atoms with Crippen LogP contribution in [-0.2, 0) is 21.2 Å². The molecule has 1 unspecified atom stereocenters. The van der Waals surface area contributed by atoms with Gasteiger partial charge in [0.05, 0.1) is 11.7 Å². The van der Waals surface area contributed by atoms with E-state index in [9.17, 15) is 18.3 Å². The van der Waals surface area contributed by atoms with Crippen molar-refractivity contribution in [1.29, 1.82) is 0 Å². The highest BCUT2D eigenvalue weighted by atomic mass is 32.2. The average molecular weight is 297 g/mol. The van der Waals surface area contributed by atoms with Crippen molar-refractivity contribution in [2.24, 2.45) is 0 Å². The quantitative estimate of drug-likeness (QED) is 0.881. The van der Waals surface area contributed by atoms with E-state index in [-0.39, 0.29) is 5.75 Å². The Morgan fingerprint density at radius 1 is 1.40 bits per heavy atom. The van der Waals surface area contributed by atoms with Crippen LogP contribution in [0.2, 0.25) is 0 Å². The lowest BCUT2D eigenvalue weighted by Crippen LogP contribution is -2.37. The van der Waals surface area contributed by atoms with Crippen LogP contribution in [0.1, 0.15) is 23.5 Å². The second kappa shape index (κ2) is 5.93. The summed E-state index contributed by atoms with van der Waals surface area (Å²) in [6.07, 6.45) is 1.76. The number of carboxylic acids is 1. The zero-order valence-corrected chi connectivity index (χ0v) is 12.3. The number of sulfone groups is 1. The molecule has 0 saturated heterocycles. The molecule has 1 atom stereocenters. The van der Waals surface area contributed by atoms with Gasteiger partial charge in [0.2, 0.25) is 0 Å².